The van der Waals surface area contributed by atoms with E-state index in [4.69, 9.17) is 5.73 Å². The normalized spacial score (nSPS) is 8.89. The predicted octanol–water partition coefficient (Wildman–Crippen LogP) is 2.25. The van der Waals surface area contributed by atoms with Gasteiger partial charge in [-0.25, -0.2) is 0 Å². The third-order valence-corrected chi connectivity index (χ3v) is 2.58. The number of halogens is 1. The lowest BCUT2D eigenvalue weighted by atomic mass is 10.2. The zero-order valence-corrected chi connectivity index (χ0v) is 12.0. The number of hydrogen-bond donors (Lipinski definition) is 1. The van der Waals surface area contributed by atoms with Crippen LogP contribution in [0.15, 0.2) is 22.2 Å². The number of nitrogens with two attached hydrogens (primary N) is 1. The van der Waals surface area contributed by atoms with E-state index in [1.54, 1.807) is 12.3 Å². The van der Waals surface area contributed by atoms with E-state index in [2.05, 4.69) is 43.9 Å². The zero-order valence-electron chi connectivity index (χ0n) is 10.4. The molecule has 5 nitrogen and oxygen atoms in total. The molecule has 0 atom stereocenters. The third kappa shape index (κ3) is 4.77. The first-order valence-corrected chi connectivity index (χ1v) is 5.82. The number of pyridine rings is 1. The van der Waals surface area contributed by atoms with Crippen molar-refractivity contribution < 1.29 is 9.53 Å². The summed E-state index contributed by atoms with van der Waals surface area (Å²) in [6.45, 7) is 9.06. The smallest absolute Gasteiger partial charge is 0.319 e. The fourth-order valence-electron chi connectivity index (χ4n) is 1.07. The number of rotatable bonds is 3. The van der Waals surface area contributed by atoms with Crippen molar-refractivity contribution in [2.75, 3.05) is 13.7 Å². The molecule has 0 spiro atoms. The number of aromatic nitrogens is 1. The lowest BCUT2D eigenvalue weighted by Gasteiger charge is -2.04. The number of hydrogen-bond acceptors (Lipinski definition) is 5. The van der Waals surface area contributed by atoms with Gasteiger partial charge in [-0.15, -0.1) is 0 Å². The van der Waals surface area contributed by atoms with Crippen LogP contribution in [0.4, 0.5) is 5.69 Å². The fraction of sp³-hybridized carbons (Fsp3) is 0.250. The van der Waals surface area contributed by atoms with Crippen LogP contribution in [0.3, 0.4) is 0 Å². The number of carbonyl (C=O) groups is 1. The Hall–Kier alpha value is -1.53. The Kier molecular flexibility index (Phi) is 7.82. The van der Waals surface area contributed by atoms with Gasteiger partial charge in [0.1, 0.15) is 0 Å². The number of aryl methyl sites for hydroxylation is 1. The molecule has 18 heavy (non-hydrogen) atoms. The largest absolute Gasteiger partial charge is 0.468 e. The quantitative estimate of drug-likeness (QED) is 0.685. The molecular formula is C12H16BrN3O2. The van der Waals surface area contributed by atoms with Crippen LogP contribution in [0, 0.1) is 6.92 Å². The number of esters is 1. The van der Waals surface area contributed by atoms with E-state index in [1.807, 2.05) is 6.92 Å². The van der Waals surface area contributed by atoms with Gasteiger partial charge in [0, 0.05) is 17.5 Å². The highest BCUT2D eigenvalue weighted by atomic mass is 79.9. The van der Waals surface area contributed by atoms with Crippen molar-refractivity contribution in [2.24, 2.45) is 10.7 Å². The minimum absolute atomic E-state index is 0.0312. The Morgan fingerprint density at radius 3 is 2.61 bits per heavy atom. The lowest BCUT2D eigenvalue weighted by molar-refractivity contribution is -0.138. The minimum atomic E-state index is -0.380. The lowest BCUT2D eigenvalue weighted by Crippen LogP contribution is -2.14. The monoisotopic (exact) mass is 313 g/mol. The van der Waals surface area contributed by atoms with Gasteiger partial charge in [0.05, 0.1) is 23.8 Å². The zero-order chi connectivity index (χ0) is 14.1. The maximum absolute atomic E-state index is 9.83. The Labute approximate surface area is 115 Å². The molecule has 0 aliphatic heterocycles. The molecule has 0 fully saturated rings. The van der Waals surface area contributed by atoms with Crippen molar-refractivity contribution in [3.05, 3.63) is 28.5 Å². The van der Waals surface area contributed by atoms with Crippen molar-refractivity contribution in [2.45, 2.75) is 6.92 Å². The molecule has 1 heterocycles. The fourth-order valence-corrected chi connectivity index (χ4v) is 1.51. The molecule has 98 valence electrons. The predicted molar refractivity (Wildman–Crippen MR) is 77.0 cm³/mol. The Morgan fingerprint density at radius 1 is 1.72 bits per heavy atom. The van der Waals surface area contributed by atoms with Gasteiger partial charge in [0.2, 0.25) is 0 Å². The standard InChI is InChI=1S/C9H9BrN2.C3H7NO2/c1-4-7-6(2)12-5-8(10)9(7)11-3;1-6-3(5)2-4/h4-5H,1,3H2,2H3;2,4H2,1H3. The van der Waals surface area contributed by atoms with Crippen molar-refractivity contribution in [3.63, 3.8) is 0 Å². The van der Waals surface area contributed by atoms with E-state index >= 15 is 0 Å². The van der Waals surface area contributed by atoms with Gasteiger partial charge in [0.15, 0.2) is 0 Å². The molecule has 0 unspecified atom stereocenters. The van der Waals surface area contributed by atoms with E-state index in [0.717, 1.165) is 21.4 Å². The molecule has 0 bridgehead atoms. The number of nitrogens with zero attached hydrogens (tertiary/aromatic N) is 2. The van der Waals surface area contributed by atoms with Gasteiger partial charge in [-0.2, -0.15) is 0 Å². The summed E-state index contributed by atoms with van der Waals surface area (Å²) in [4.78, 5) is 17.9. The summed E-state index contributed by atoms with van der Waals surface area (Å²) < 4.78 is 4.98. The van der Waals surface area contributed by atoms with Crippen molar-refractivity contribution in [1.82, 2.24) is 4.98 Å². The molecule has 1 rings (SSSR count). The number of methoxy groups -OCH3 is 1. The molecule has 2 N–H and O–H groups in total. The van der Waals surface area contributed by atoms with Crippen LogP contribution in [-0.4, -0.2) is 31.3 Å². The summed E-state index contributed by atoms with van der Waals surface area (Å²) in [6.07, 6.45) is 3.45. The first kappa shape index (κ1) is 16.5. The minimum Gasteiger partial charge on any atom is -0.468 e. The summed E-state index contributed by atoms with van der Waals surface area (Å²) in [5, 5.41) is 0. The van der Waals surface area contributed by atoms with Crippen LogP contribution in [0.2, 0.25) is 0 Å². The summed E-state index contributed by atoms with van der Waals surface area (Å²) in [5.41, 5.74) is 7.45. The second-order valence-electron chi connectivity index (χ2n) is 3.10. The first-order valence-electron chi connectivity index (χ1n) is 5.02. The molecule has 0 aliphatic rings. The maximum atomic E-state index is 9.83. The molecule has 0 radical (unpaired) electrons. The average molecular weight is 314 g/mol. The average Bonchev–Trinajstić information content (AvgIpc) is 2.40. The first-order chi connectivity index (χ1) is 8.51. The highest BCUT2D eigenvalue weighted by Crippen LogP contribution is 2.30. The van der Waals surface area contributed by atoms with Gasteiger partial charge in [-0.1, -0.05) is 12.7 Å². The van der Waals surface area contributed by atoms with Crippen LogP contribution in [0.1, 0.15) is 11.3 Å². The summed E-state index contributed by atoms with van der Waals surface area (Å²) in [5.74, 6) is -0.380. The SMILES string of the molecule is C=Cc1c(C)ncc(Br)c1N=C.COC(=O)CN. The van der Waals surface area contributed by atoms with E-state index in [1.165, 1.54) is 7.11 Å². The second-order valence-corrected chi connectivity index (χ2v) is 3.95. The number of ether oxygens (including phenoxy) is 1. The van der Waals surface area contributed by atoms with Gasteiger partial charge >= 0.3 is 5.97 Å². The van der Waals surface area contributed by atoms with E-state index in [9.17, 15) is 4.79 Å². The van der Waals surface area contributed by atoms with Crippen LogP contribution >= 0.6 is 15.9 Å². The molecule has 6 heteroatoms. The van der Waals surface area contributed by atoms with Crippen molar-refractivity contribution in [3.8, 4) is 0 Å². The number of carbonyl (C=O) groups excluding carboxylic acids is 1. The van der Waals surface area contributed by atoms with Gasteiger partial charge in [-0.3, -0.25) is 14.8 Å². The molecule has 1 aromatic heterocycles. The Balaban J connectivity index is 0.000000411. The molecule has 0 amide bonds. The molecular weight excluding hydrogens is 298 g/mol. The molecule has 0 aromatic carbocycles. The van der Waals surface area contributed by atoms with Crippen LogP contribution in [0.5, 0.6) is 0 Å². The summed E-state index contributed by atoms with van der Waals surface area (Å²) >= 11 is 3.34. The highest BCUT2D eigenvalue weighted by Gasteiger charge is 2.05. The molecule has 0 saturated carbocycles. The van der Waals surface area contributed by atoms with E-state index in [0.29, 0.717) is 0 Å². The number of aliphatic imine (C=N–C) groups is 1. The Morgan fingerprint density at radius 2 is 2.33 bits per heavy atom. The highest BCUT2D eigenvalue weighted by molar-refractivity contribution is 9.10. The van der Waals surface area contributed by atoms with Crippen molar-refractivity contribution >= 4 is 40.4 Å². The van der Waals surface area contributed by atoms with Gasteiger partial charge in [-0.05, 0) is 29.6 Å². The summed E-state index contributed by atoms with van der Waals surface area (Å²) in [7, 11) is 1.30. The van der Waals surface area contributed by atoms with E-state index < -0.39 is 0 Å². The topological polar surface area (TPSA) is 77.6 Å². The van der Waals surface area contributed by atoms with Crippen LogP contribution < -0.4 is 5.73 Å². The van der Waals surface area contributed by atoms with Crippen molar-refractivity contribution in [1.29, 1.82) is 0 Å². The van der Waals surface area contributed by atoms with Crippen LogP contribution in [0.25, 0.3) is 6.08 Å². The van der Waals surface area contributed by atoms with Gasteiger partial charge in [0.25, 0.3) is 0 Å². The Bertz CT molecular complexity index is 408. The van der Waals surface area contributed by atoms with Gasteiger partial charge < -0.3 is 10.5 Å². The molecule has 0 aliphatic carbocycles. The molecule has 1 aromatic rings. The maximum Gasteiger partial charge on any atom is 0.319 e. The molecule has 0 saturated heterocycles. The second kappa shape index (κ2) is 8.54. The van der Waals surface area contributed by atoms with E-state index in [-0.39, 0.29) is 12.5 Å². The summed E-state index contributed by atoms with van der Waals surface area (Å²) in [6, 6.07) is 0. The third-order valence-electron chi connectivity index (χ3n) is 2.00. The van der Waals surface area contributed by atoms with Crippen LogP contribution in [-0.2, 0) is 9.53 Å².